The number of rotatable bonds is 5. The van der Waals surface area contributed by atoms with Gasteiger partial charge in [-0.15, -0.1) is 0 Å². The Morgan fingerprint density at radius 3 is 2.50 bits per heavy atom. The molecule has 10 heavy (non-hydrogen) atoms. The van der Waals surface area contributed by atoms with Crippen LogP contribution in [-0.2, 0) is 4.74 Å². The molecule has 0 heterocycles. The van der Waals surface area contributed by atoms with Crippen molar-refractivity contribution in [1.29, 1.82) is 0 Å². The molecule has 0 aliphatic carbocycles. The van der Waals surface area contributed by atoms with Crippen LogP contribution < -0.4 is 5.73 Å². The maximum absolute atomic E-state index is 5.37. The SMILES string of the molecule is CC(N)OCCCN(C)C. The topological polar surface area (TPSA) is 38.5 Å². The van der Waals surface area contributed by atoms with Crippen molar-refractivity contribution in [2.24, 2.45) is 5.73 Å². The molecule has 0 rings (SSSR count). The monoisotopic (exact) mass is 146 g/mol. The number of hydrogen-bond donors (Lipinski definition) is 1. The first-order valence-electron chi connectivity index (χ1n) is 3.65. The summed E-state index contributed by atoms with van der Waals surface area (Å²) in [7, 11) is 4.09. The van der Waals surface area contributed by atoms with Gasteiger partial charge in [0.15, 0.2) is 0 Å². The molecule has 3 nitrogen and oxygen atoms in total. The van der Waals surface area contributed by atoms with Crippen LogP contribution in [0, 0.1) is 0 Å². The summed E-state index contributed by atoms with van der Waals surface area (Å²) >= 11 is 0. The Morgan fingerprint density at radius 2 is 2.10 bits per heavy atom. The fourth-order valence-corrected chi connectivity index (χ4v) is 0.650. The number of ether oxygens (including phenoxy) is 1. The smallest absolute Gasteiger partial charge is 0.102 e. The third kappa shape index (κ3) is 7.88. The molecule has 0 fully saturated rings. The number of nitrogens with zero attached hydrogens (tertiary/aromatic N) is 1. The highest BCUT2D eigenvalue weighted by Crippen LogP contribution is 1.86. The van der Waals surface area contributed by atoms with E-state index in [0.717, 1.165) is 19.6 Å². The van der Waals surface area contributed by atoms with Crippen LogP contribution in [0.5, 0.6) is 0 Å². The van der Waals surface area contributed by atoms with E-state index in [0.29, 0.717) is 0 Å². The predicted molar refractivity (Wildman–Crippen MR) is 42.8 cm³/mol. The molecule has 0 radical (unpaired) electrons. The molecule has 1 atom stereocenters. The van der Waals surface area contributed by atoms with E-state index in [1.807, 2.05) is 21.0 Å². The first-order chi connectivity index (χ1) is 4.63. The zero-order chi connectivity index (χ0) is 7.98. The maximum Gasteiger partial charge on any atom is 0.102 e. The first-order valence-corrected chi connectivity index (χ1v) is 3.65. The van der Waals surface area contributed by atoms with E-state index in [1.54, 1.807) is 0 Å². The molecule has 0 aliphatic heterocycles. The molecule has 0 amide bonds. The van der Waals surface area contributed by atoms with Gasteiger partial charge in [0.25, 0.3) is 0 Å². The van der Waals surface area contributed by atoms with E-state index in [-0.39, 0.29) is 6.23 Å². The fourth-order valence-electron chi connectivity index (χ4n) is 0.650. The van der Waals surface area contributed by atoms with Crippen LogP contribution in [0.4, 0.5) is 0 Å². The normalized spacial score (nSPS) is 14.1. The van der Waals surface area contributed by atoms with Gasteiger partial charge < -0.3 is 15.4 Å². The standard InChI is InChI=1S/C7H18N2O/c1-7(8)10-6-4-5-9(2)3/h7H,4-6,8H2,1-3H3. The molecule has 62 valence electrons. The van der Waals surface area contributed by atoms with Crippen LogP contribution in [0.15, 0.2) is 0 Å². The Bertz CT molecular complexity index is 64.0. The van der Waals surface area contributed by atoms with Gasteiger partial charge >= 0.3 is 0 Å². The summed E-state index contributed by atoms with van der Waals surface area (Å²) in [6.07, 6.45) is 0.927. The van der Waals surface area contributed by atoms with Gasteiger partial charge in [-0.05, 0) is 34.0 Å². The summed E-state index contributed by atoms with van der Waals surface area (Å²) in [5.41, 5.74) is 5.37. The van der Waals surface area contributed by atoms with E-state index >= 15 is 0 Å². The Hall–Kier alpha value is -0.120. The molecule has 0 aromatic carbocycles. The van der Waals surface area contributed by atoms with Crippen molar-refractivity contribution >= 4 is 0 Å². The molecule has 0 aliphatic rings. The highest BCUT2D eigenvalue weighted by Gasteiger charge is 1.93. The van der Waals surface area contributed by atoms with Crippen LogP contribution in [0.2, 0.25) is 0 Å². The molecule has 0 aromatic rings. The lowest BCUT2D eigenvalue weighted by atomic mass is 10.4. The molecule has 0 spiro atoms. The van der Waals surface area contributed by atoms with Gasteiger partial charge in [-0.25, -0.2) is 0 Å². The van der Waals surface area contributed by atoms with Crippen molar-refractivity contribution in [2.45, 2.75) is 19.6 Å². The average molecular weight is 146 g/mol. The van der Waals surface area contributed by atoms with Crippen LogP contribution in [0.3, 0.4) is 0 Å². The van der Waals surface area contributed by atoms with E-state index in [9.17, 15) is 0 Å². The minimum Gasteiger partial charge on any atom is -0.364 e. The lowest BCUT2D eigenvalue weighted by Gasteiger charge is -2.10. The summed E-state index contributed by atoms with van der Waals surface area (Å²) in [4.78, 5) is 2.13. The summed E-state index contributed by atoms with van der Waals surface area (Å²) in [6.45, 7) is 3.66. The number of hydrogen-bond acceptors (Lipinski definition) is 3. The molecule has 0 saturated heterocycles. The molecule has 0 saturated carbocycles. The zero-order valence-corrected chi connectivity index (χ0v) is 7.13. The summed E-state index contributed by atoms with van der Waals surface area (Å²) < 4.78 is 5.14. The molecule has 0 bridgehead atoms. The van der Waals surface area contributed by atoms with Crippen LogP contribution >= 0.6 is 0 Å². The molecule has 0 aromatic heterocycles. The maximum atomic E-state index is 5.37. The summed E-state index contributed by atoms with van der Waals surface area (Å²) in [5, 5.41) is 0. The zero-order valence-electron chi connectivity index (χ0n) is 7.13. The van der Waals surface area contributed by atoms with E-state index < -0.39 is 0 Å². The molecule has 1 unspecified atom stereocenters. The lowest BCUT2D eigenvalue weighted by molar-refractivity contribution is 0.0655. The van der Waals surface area contributed by atoms with Crippen LogP contribution in [-0.4, -0.2) is 38.4 Å². The molecule has 3 heteroatoms. The van der Waals surface area contributed by atoms with Gasteiger partial charge in [-0.3, -0.25) is 0 Å². The van der Waals surface area contributed by atoms with Gasteiger partial charge in [0, 0.05) is 6.61 Å². The van der Waals surface area contributed by atoms with Crippen molar-refractivity contribution in [3.63, 3.8) is 0 Å². The lowest BCUT2D eigenvalue weighted by Crippen LogP contribution is -2.22. The highest BCUT2D eigenvalue weighted by molar-refractivity contribution is 4.43. The fraction of sp³-hybridized carbons (Fsp3) is 1.00. The van der Waals surface area contributed by atoms with E-state index in [1.165, 1.54) is 0 Å². The van der Waals surface area contributed by atoms with Gasteiger partial charge in [0.2, 0.25) is 0 Å². The van der Waals surface area contributed by atoms with Crippen molar-refractivity contribution in [1.82, 2.24) is 4.90 Å². The quantitative estimate of drug-likeness (QED) is 0.446. The molecule has 2 N–H and O–H groups in total. The second kappa shape index (κ2) is 5.65. The highest BCUT2D eigenvalue weighted by atomic mass is 16.5. The second-order valence-corrected chi connectivity index (χ2v) is 2.73. The van der Waals surface area contributed by atoms with Crippen molar-refractivity contribution in [3.8, 4) is 0 Å². The third-order valence-corrected chi connectivity index (χ3v) is 1.13. The van der Waals surface area contributed by atoms with E-state index in [2.05, 4.69) is 4.90 Å². The average Bonchev–Trinajstić information content (AvgIpc) is 1.79. The second-order valence-electron chi connectivity index (χ2n) is 2.73. The molecular formula is C7H18N2O. The minimum absolute atomic E-state index is 0.123. The van der Waals surface area contributed by atoms with Crippen molar-refractivity contribution in [3.05, 3.63) is 0 Å². The van der Waals surface area contributed by atoms with Gasteiger partial charge in [0.05, 0.1) is 0 Å². The van der Waals surface area contributed by atoms with Crippen molar-refractivity contribution in [2.75, 3.05) is 27.2 Å². The summed E-state index contributed by atoms with van der Waals surface area (Å²) in [6, 6.07) is 0. The van der Waals surface area contributed by atoms with Gasteiger partial charge in [0.1, 0.15) is 6.23 Å². The Morgan fingerprint density at radius 1 is 1.50 bits per heavy atom. The molecular weight excluding hydrogens is 128 g/mol. The largest absolute Gasteiger partial charge is 0.364 e. The summed E-state index contributed by atoms with van der Waals surface area (Å²) in [5.74, 6) is 0. The Balaban J connectivity index is 2.91. The Kier molecular flexibility index (Phi) is 5.58. The minimum atomic E-state index is -0.123. The van der Waals surface area contributed by atoms with Crippen LogP contribution in [0.1, 0.15) is 13.3 Å². The van der Waals surface area contributed by atoms with E-state index in [4.69, 9.17) is 10.5 Å². The van der Waals surface area contributed by atoms with Gasteiger partial charge in [-0.1, -0.05) is 0 Å². The van der Waals surface area contributed by atoms with Crippen molar-refractivity contribution < 1.29 is 4.74 Å². The van der Waals surface area contributed by atoms with Gasteiger partial charge in [-0.2, -0.15) is 0 Å². The predicted octanol–water partition coefficient (Wildman–Crippen LogP) is 0.259. The first kappa shape index (κ1) is 9.88. The van der Waals surface area contributed by atoms with Crippen LogP contribution in [0.25, 0.3) is 0 Å². The third-order valence-electron chi connectivity index (χ3n) is 1.13. The number of nitrogens with two attached hydrogens (primary N) is 1. The Labute approximate surface area is 63.1 Å².